The Labute approximate surface area is 151 Å². The van der Waals surface area contributed by atoms with Gasteiger partial charge in [0.2, 0.25) is 0 Å². The number of unbranched alkanes of at least 4 members (excludes halogenated alkanes) is 3. The average Bonchev–Trinajstić information content (AvgIpc) is 2.60. The van der Waals surface area contributed by atoms with Gasteiger partial charge >= 0.3 is 0 Å². The van der Waals surface area contributed by atoms with Crippen molar-refractivity contribution >= 4 is 39.4 Å². The van der Waals surface area contributed by atoms with E-state index in [1.165, 1.54) is 10.8 Å². The fourth-order valence-corrected chi connectivity index (χ4v) is 2.61. The molecule has 0 saturated carbocycles. The van der Waals surface area contributed by atoms with Gasteiger partial charge in [-0.15, -0.1) is 0 Å². The molecule has 0 saturated heterocycles. The van der Waals surface area contributed by atoms with E-state index in [2.05, 4.69) is 68.5 Å². The van der Waals surface area contributed by atoms with Crippen molar-refractivity contribution in [2.75, 3.05) is 6.61 Å². The van der Waals surface area contributed by atoms with Gasteiger partial charge in [0, 0.05) is 41.0 Å². The maximum atomic E-state index is 9.54. The van der Waals surface area contributed by atoms with Crippen molar-refractivity contribution in [3.05, 3.63) is 53.6 Å². The van der Waals surface area contributed by atoms with Crippen LogP contribution >= 0.6 is 22.6 Å². The third-order valence-electron chi connectivity index (χ3n) is 3.49. The van der Waals surface area contributed by atoms with E-state index >= 15 is 0 Å². The van der Waals surface area contributed by atoms with Crippen LogP contribution in [-0.4, -0.2) is 11.7 Å². The second kappa shape index (κ2) is 10.1. The molecule has 0 aromatic heterocycles. The molecule has 23 heavy (non-hydrogen) atoms. The maximum Gasteiger partial charge on any atom is 0.0760 e. The molecule has 1 nitrogen and oxygen atoms in total. The Morgan fingerprint density at radius 1 is 1.00 bits per heavy atom. The van der Waals surface area contributed by atoms with Gasteiger partial charge in [0.05, 0.1) is 6.61 Å². The summed E-state index contributed by atoms with van der Waals surface area (Å²) in [4.78, 5) is 0. The van der Waals surface area contributed by atoms with Crippen molar-refractivity contribution in [2.24, 2.45) is 0 Å². The van der Waals surface area contributed by atoms with E-state index in [1.54, 1.807) is 0 Å². The van der Waals surface area contributed by atoms with Gasteiger partial charge in [-0.2, -0.15) is 0 Å². The zero-order valence-corrected chi connectivity index (χ0v) is 15.1. The second-order valence-corrected chi connectivity index (χ2v) is 5.72. The van der Waals surface area contributed by atoms with Crippen LogP contribution in [0.4, 0.5) is 0 Å². The first-order chi connectivity index (χ1) is 11.3. The summed E-state index contributed by atoms with van der Waals surface area (Å²) in [6.45, 7) is -0.0312. The fourth-order valence-electron chi connectivity index (χ4n) is 2.34. The van der Waals surface area contributed by atoms with Crippen LogP contribution in [0.5, 0.6) is 0 Å². The van der Waals surface area contributed by atoms with Crippen molar-refractivity contribution in [3.63, 3.8) is 0 Å². The topological polar surface area (TPSA) is 20.2 Å². The Morgan fingerprint density at radius 2 is 1.74 bits per heavy atom. The second-order valence-electron chi connectivity index (χ2n) is 5.18. The summed E-state index contributed by atoms with van der Waals surface area (Å²) in [5, 5.41) is 11.9. The first kappa shape index (κ1) is 17.6. The van der Waals surface area contributed by atoms with Gasteiger partial charge in [-0.3, -0.25) is 0 Å². The number of aliphatic hydroxyl groups excluding tert-OH is 1. The summed E-state index contributed by atoms with van der Waals surface area (Å²) < 4.78 is 2.87. The molecule has 2 aromatic carbocycles. The molecule has 0 aliphatic rings. The van der Waals surface area contributed by atoms with Crippen LogP contribution in [0.15, 0.2) is 48.0 Å². The van der Waals surface area contributed by atoms with Crippen molar-refractivity contribution in [1.29, 1.82) is 0 Å². The van der Waals surface area contributed by atoms with E-state index in [0.717, 1.165) is 36.8 Å². The summed E-state index contributed by atoms with van der Waals surface area (Å²) in [6, 6.07) is 14.4. The smallest absolute Gasteiger partial charge is 0.0760 e. The lowest BCUT2D eigenvalue weighted by Crippen LogP contribution is -1.88. The third kappa shape index (κ3) is 5.75. The number of rotatable bonds is 5. The highest BCUT2D eigenvalue weighted by Crippen LogP contribution is 2.20. The van der Waals surface area contributed by atoms with E-state index in [0.29, 0.717) is 0 Å². The summed E-state index contributed by atoms with van der Waals surface area (Å²) in [5.74, 6) is 9.30. The molecule has 0 amide bonds. The molecule has 0 radical (unpaired) electrons. The Kier molecular flexibility index (Phi) is 7.73. The van der Waals surface area contributed by atoms with Crippen LogP contribution in [0.25, 0.3) is 16.8 Å². The van der Waals surface area contributed by atoms with Gasteiger partial charge in [-0.25, -0.2) is 0 Å². The Hall–Kier alpha value is -1.75. The maximum absolute atomic E-state index is 9.54. The van der Waals surface area contributed by atoms with Crippen LogP contribution in [0.2, 0.25) is 0 Å². The molecular weight excluding hydrogens is 395 g/mol. The highest BCUT2D eigenvalue weighted by molar-refractivity contribution is 14.1. The lowest BCUT2D eigenvalue weighted by Gasteiger charge is -2.03. The van der Waals surface area contributed by atoms with Gasteiger partial charge in [0.25, 0.3) is 0 Å². The summed E-state index contributed by atoms with van der Waals surface area (Å²) in [5.41, 5.74) is 1.85. The predicted octanol–water partition coefficient (Wildman–Crippen LogP) is 5.18. The Morgan fingerprint density at radius 3 is 2.52 bits per heavy atom. The van der Waals surface area contributed by atoms with Gasteiger partial charge in [-0.1, -0.05) is 60.2 Å². The largest absolute Gasteiger partial charge is 0.391 e. The van der Waals surface area contributed by atoms with Crippen LogP contribution in [0.3, 0.4) is 0 Å². The summed E-state index contributed by atoms with van der Waals surface area (Å²) in [6.07, 6.45) is 5.88. The lowest BCUT2D eigenvalue weighted by atomic mass is 10.0. The molecule has 2 heteroatoms. The fraction of sp³-hybridized carbons (Fsp3) is 0.238. The molecule has 1 N–H and O–H groups in total. The van der Waals surface area contributed by atoms with Gasteiger partial charge in [0.15, 0.2) is 0 Å². The van der Waals surface area contributed by atoms with E-state index in [1.807, 2.05) is 24.3 Å². The minimum Gasteiger partial charge on any atom is -0.391 e. The van der Waals surface area contributed by atoms with Gasteiger partial charge in [0.1, 0.15) is 0 Å². The van der Waals surface area contributed by atoms with Crippen molar-refractivity contribution in [1.82, 2.24) is 0 Å². The van der Waals surface area contributed by atoms with Crippen molar-refractivity contribution in [2.45, 2.75) is 25.7 Å². The molecule has 0 heterocycles. The molecular formula is C21H19IO. The first-order valence-electron chi connectivity index (χ1n) is 7.71. The van der Waals surface area contributed by atoms with Crippen LogP contribution < -0.4 is 0 Å². The number of halogens is 1. The van der Waals surface area contributed by atoms with Crippen LogP contribution in [-0.2, 0) is 0 Å². The van der Waals surface area contributed by atoms with Crippen molar-refractivity contribution < 1.29 is 5.11 Å². The summed E-state index contributed by atoms with van der Waals surface area (Å²) >= 11 is 2.06. The number of hydrogen-bond acceptors (Lipinski definition) is 1. The van der Waals surface area contributed by atoms with Crippen LogP contribution in [0.1, 0.15) is 31.2 Å². The quantitative estimate of drug-likeness (QED) is 0.407. The molecule has 0 spiro atoms. The minimum atomic E-state index is -0.0312. The molecule has 0 unspecified atom stereocenters. The number of aliphatic hydroxyl groups is 1. The lowest BCUT2D eigenvalue weighted by molar-refractivity contribution is 0.337. The zero-order chi connectivity index (χ0) is 16.3. The van der Waals surface area contributed by atoms with E-state index in [9.17, 15) is 5.11 Å². The van der Waals surface area contributed by atoms with E-state index < -0.39 is 0 Å². The SMILES string of the molecule is OCC(C#CCCCCC#CI)=Cc1cccc2ccccc12. The molecule has 116 valence electrons. The van der Waals surface area contributed by atoms with Gasteiger partial charge < -0.3 is 5.11 Å². The molecule has 0 fully saturated rings. The Bertz CT molecular complexity index is 792. The first-order valence-corrected chi connectivity index (χ1v) is 8.79. The molecule has 2 rings (SSSR count). The Balaban J connectivity index is 2.07. The van der Waals surface area contributed by atoms with E-state index in [4.69, 9.17) is 0 Å². The molecule has 0 aliphatic carbocycles. The number of fused-ring (bicyclic) bond motifs is 1. The van der Waals surface area contributed by atoms with Crippen molar-refractivity contribution in [3.8, 4) is 21.7 Å². The minimum absolute atomic E-state index is 0.0312. The standard InChI is InChI=1S/C21H19IO/c22-15-8-4-2-1-3-5-10-18(17-23)16-20-13-9-12-19-11-6-7-14-21(19)20/h6-7,9,11-14,16,23H,1-4,17H2. The highest BCUT2D eigenvalue weighted by Gasteiger charge is 1.98. The monoisotopic (exact) mass is 414 g/mol. The van der Waals surface area contributed by atoms with E-state index in [-0.39, 0.29) is 6.61 Å². The summed E-state index contributed by atoms with van der Waals surface area (Å²) in [7, 11) is 0. The van der Waals surface area contributed by atoms with Gasteiger partial charge in [-0.05, 0) is 39.2 Å². The third-order valence-corrected chi connectivity index (χ3v) is 3.87. The molecule has 0 atom stereocenters. The molecule has 0 aliphatic heterocycles. The average molecular weight is 414 g/mol. The van der Waals surface area contributed by atoms with Crippen LogP contribution in [0, 0.1) is 21.7 Å². The zero-order valence-electron chi connectivity index (χ0n) is 13.0. The number of hydrogen-bond donors (Lipinski definition) is 1. The molecule has 2 aromatic rings. The predicted molar refractivity (Wildman–Crippen MR) is 107 cm³/mol. The molecule has 0 bridgehead atoms. The highest BCUT2D eigenvalue weighted by atomic mass is 127. The number of benzene rings is 2. The normalized spacial score (nSPS) is 10.6.